The molecule has 1 aromatic carbocycles. The third-order valence-corrected chi connectivity index (χ3v) is 3.70. The van der Waals surface area contributed by atoms with E-state index < -0.39 is 10.0 Å². The van der Waals surface area contributed by atoms with Crippen molar-refractivity contribution >= 4 is 15.7 Å². The van der Waals surface area contributed by atoms with E-state index in [1.165, 1.54) is 5.56 Å². The predicted octanol–water partition coefficient (Wildman–Crippen LogP) is 1.41. The summed E-state index contributed by atoms with van der Waals surface area (Å²) in [6.45, 7) is 2.09. The van der Waals surface area contributed by atoms with Gasteiger partial charge in [-0.05, 0) is 25.0 Å². The van der Waals surface area contributed by atoms with Crippen LogP contribution in [0.1, 0.15) is 12.5 Å². The molecule has 1 heterocycles. The molecule has 0 fully saturated rings. The van der Waals surface area contributed by atoms with Crippen LogP contribution < -0.4 is 4.57 Å². The van der Waals surface area contributed by atoms with Gasteiger partial charge < -0.3 is 4.57 Å². The summed E-state index contributed by atoms with van der Waals surface area (Å²) in [5.41, 5.74) is 2.43. The van der Waals surface area contributed by atoms with Crippen LogP contribution in [0.25, 0.3) is 0 Å². The predicted molar refractivity (Wildman–Crippen MR) is 51.7 cm³/mol. The Bertz CT molecular complexity index is 290. The van der Waals surface area contributed by atoms with Gasteiger partial charge in [0.1, 0.15) is 0 Å². The van der Waals surface area contributed by atoms with E-state index in [0.717, 1.165) is 12.1 Å². The molecule has 0 saturated heterocycles. The molecule has 0 amide bonds. The first-order valence-corrected chi connectivity index (χ1v) is 5.40. The molecule has 1 aliphatic rings. The number of fused-ring (bicyclic) bond motifs is 1. The van der Waals surface area contributed by atoms with Crippen molar-refractivity contribution in [3.8, 4) is 0 Å². The minimum absolute atomic E-state index is 0.374. The lowest BCUT2D eigenvalue weighted by molar-refractivity contribution is 0.744. The zero-order valence-electron chi connectivity index (χ0n) is 7.13. The van der Waals surface area contributed by atoms with E-state index >= 15 is 0 Å². The number of hydrogen-bond acceptors (Lipinski definition) is 1. The molecular weight excluding hydrogens is 169 g/mol. The molecule has 2 rings (SSSR count). The zero-order chi connectivity index (χ0) is 8.55. The molecule has 1 aliphatic heterocycles. The van der Waals surface area contributed by atoms with Gasteiger partial charge in [-0.1, -0.05) is 18.2 Å². The van der Waals surface area contributed by atoms with E-state index in [0.29, 0.717) is 6.04 Å². The van der Waals surface area contributed by atoms with Crippen molar-refractivity contribution in [3.05, 3.63) is 29.8 Å². The van der Waals surface area contributed by atoms with E-state index in [-0.39, 0.29) is 0 Å². The molecule has 0 saturated carbocycles. The number of halogens is 1. The minimum atomic E-state index is -1.53. The Morgan fingerprint density at radius 2 is 2.25 bits per heavy atom. The molecule has 3 heteroatoms. The third-order valence-electron chi connectivity index (χ3n) is 2.48. The average molecular weight is 181 g/mol. The maximum atomic E-state index is 12.7. The second-order valence-electron chi connectivity index (χ2n) is 3.27. The lowest BCUT2D eigenvalue weighted by Crippen LogP contribution is -2.30. The number of hydrogen-bond donors (Lipinski definition) is 0. The summed E-state index contributed by atoms with van der Waals surface area (Å²) in [5.74, 6) is 0. The highest BCUT2D eigenvalue weighted by Gasteiger charge is 2.24. The largest absolute Gasteiger partial charge is 0.374 e. The Morgan fingerprint density at radius 3 is 3.00 bits per heavy atom. The fraction of sp³-hybridized carbons (Fsp3) is 0.333. The lowest BCUT2D eigenvalue weighted by atomic mass is 10.1. The summed E-state index contributed by atoms with van der Waals surface area (Å²) in [7, 11) is -1.53. The van der Waals surface area contributed by atoms with Gasteiger partial charge in [0.2, 0.25) is 0 Å². The lowest BCUT2D eigenvalue weighted by Gasteiger charge is -2.20. The molecule has 0 aliphatic carbocycles. The molecule has 64 valence electrons. The van der Waals surface area contributed by atoms with Gasteiger partial charge in [-0.2, -0.15) is 0 Å². The average Bonchev–Trinajstić information content (AvgIpc) is 2.40. The molecule has 0 aromatic heterocycles. The number of nitrogens with zero attached hydrogens (tertiary/aromatic N) is 1. The van der Waals surface area contributed by atoms with Crippen molar-refractivity contribution in [2.75, 3.05) is 4.57 Å². The van der Waals surface area contributed by atoms with E-state index in [2.05, 4.69) is 13.0 Å². The molecule has 0 N–H and O–H groups in total. The number of benzene rings is 1. The van der Waals surface area contributed by atoms with Gasteiger partial charge in [0.15, 0.2) is 0 Å². The van der Waals surface area contributed by atoms with Crippen LogP contribution in [-0.2, 0) is 6.42 Å². The Morgan fingerprint density at radius 1 is 1.50 bits per heavy atom. The van der Waals surface area contributed by atoms with Crippen molar-refractivity contribution in [1.29, 1.82) is 0 Å². The number of para-hydroxylation sites is 1. The molecular formula is C9H12FNSi. The van der Waals surface area contributed by atoms with Gasteiger partial charge in [-0.25, -0.2) is 0 Å². The van der Waals surface area contributed by atoms with Gasteiger partial charge in [-0.3, -0.25) is 4.11 Å². The highest BCUT2D eigenvalue weighted by Crippen LogP contribution is 2.30. The van der Waals surface area contributed by atoms with Crippen molar-refractivity contribution < 1.29 is 4.11 Å². The quantitative estimate of drug-likeness (QED) is 0.467. The summed E-state index contributed by atoms with van der Waals surface area (Å²) >= 11 is 0. The van der Waals surface area contributed by atoms with Crippen LogP contribution in [0.4, 0.5) is 9.80 Å². The van der Waals surface area contributed by atoms with Crippen LogP contribution in [0.15, 0.2) is 24.3 Å². The Kier molecular flexibility index (Phi) is 1.88. The second kappa shape index (κ2) is 2.90. The maximum Gasteiger partial charge on any atom is 0.319 e. The van der Waals surface area contributed by atoms with Crippen molar-refractivity contribution in [2.45, 2.75) is 19.4 Å². The van der Waals surface area contributed by atoms with E-state index in [1.54, 1.807) is 0 Å². The second-order valence-corrected chi connectivity index (χ2v) is 4.19. The molecule has 12 heavy (non-hydrogen) atoms. The summed E-state index contributed by atoms with van der Waals surface area (Å²) in [6, 6.07) is 8.49. The van der Waals surface area contributed by atoms with Gasteiger partial charge >= 0.3 is 10.0 Å². The van der Waals surface area contributed by atoms with Gasteiger partial charge in [-0.15, -0.1) is 0 Å². The summed E-state index contributed by atoms with van der Waals surface area (Å²) < 4.78 is 14.6. The van der Waals surface area contributed by atoms with Crippen LogP contribution in [-0.4, -0.2) is 16.1 Å². The fourth-order valence-electron chi connectivity index (χ4n) is 1.81. The van der Waals surface area contributed by atoms with Crippen molar-refractivity contribution in [3.63, 3.8) is 0 Å². The van der Waals surface area contributed by atoms with Crippen LogP contribution in [0.5, 0.6) is 0 Å². The minimum Gasteiger partial charge on any atom is -0.374 e. The first kappa shape index (κ1) is 7.80. The van der Waals surface area contributed by atoms with E-state index in [9.17, 15) is 4.11 Å². The Balaban J connectivity index is 2.40. The highest BCUT2D eigenvalue weighted by atomic mass is 28.3. The molecule has 0 radical (unpaired) electrons. The molecule has 0 spiro atoms. The summed E-state index contributed by atoms with van der Waals surface area (Å²) in [5, 5.41) is 0. The maximum absolute atomic E-state index is 12.7. The number of anilines is 1. The molecule has 0 bridgehead atoms. The molecule has 1 nitrogen and oxygen atoms in total. The SMILES string of the molecule is CC1Cc2ccccc2N1[SiH2]F. The summed E-state index contributed by atoms with van der Waals surface area (Å²) in [6.07, 6.45) is 1.01. The third kappa shape index (κ3) is 1.05. The Hall–Kier alpha value is -0.833. The van der Waals surface area contributed by atoms with E-state index in [1.807, 2.05) is 22.8 Å². The molecule has 1 atom stereocenters. The van der Waals surface area contributed by atoms with Crippen molar-refractivity contribution in [1.82, 2.24) is 0 Å². The van der Waals surface area contributed by atoms with Crippen LogP contribution in [0.2, 0.25) is 0 Å². The summed E-state index contributed by atoms with van der Waals surface area (Å²) in [4.78, 5) is 0. The van der Waals surface area contributed by atoms with Crippen LogP contribution >= 0.6 is 0 Å². The Labute approximate surface area is 74.3 Å². The fourth-order valence-corrected chi connectivity index (χ4v) is 2.61. The first-order valence-electron chi connectivity index (χ1n) is 4.23. The van der Waals surface area contributed by atoms with Crippen LogP contribution in [0.3, 0.4) is 0 Å². The monoisotopic (exact) mass is 181 g/mol. The van der Waals surface area contributed by atoms with Crippen molar-refractivity contribution in [2.24, 2.45) is 0 Å². The standard InChI is InChI=1S/C9H12FNSi/c1-7-6-8-4-2-3-5-9(8)11(7)12-10/h2-5,7H,6,12H2,1H3. The highest BCUT2D eigenvalue weighted by molar-refractivity contribution is 6.34. The number of rotatable bonds is 1. The van der Waals surface area contributed by atoms with Gasteiger partial charge in [0, 0.05) is 11.7 Å². The molecule has 1 aromatic rings. The van der Waals surface area contributed by atoms with E-state index in [4.69, 9.17) is 0 Å². The van der Waals surface area contributed by atoms with Crippen LogP contribution in [0, 0.1) is 0 Å². The normalized spacial score (nSPS) is 22.2. The van der Waals surface area contributed by atoms with Gasteiger partial charge in [0.25, 0.3) is 0 Å². The topological polar surface area (TPSA) is 3.24 Å². The van der Waals surface area contributed by atoms with Gasteiger partial charge in [0.05, 0.1) is 0 Å². The zero-order valence-corrected chi connectivity index (χ0v) is 8.54. The first-order chi connectivity index (χ1) is 5.83. The smallest absolute Gasteiger partial charge is 0.319 e. The molecule has 1 unspecified atom stereocenters.